The minimum absolute atomic E-state index is 0. The molecule has 0 radical (unpaired) electrons. The van der Waals surface area contributed by atoms with Crippen LogP contribution in [0, 0.1) is 11.8 Å². The minimum Gasteiger partial charge on any atom is -0.368 e. The van der Waals surface area contributed by atoms with E-state index in [4.69, 9.17) is 0 Å². The summed E-state index contributed by atoms with van der Waals surface area (Å²) in [5.74, 6) is 0.768. The number of nitrogens with zero attached hydrogens (tertiary/aromatic N) is 2. The fourth-order valence-electron chi connectivity index (χ4n) is 3.45. The lowest BCUT2D eigenvalue weighted by molar-refractivity contribution is -0.129. The van der Waals surface area contributed by atoms with Gasteiger partial charge in [-0.1, -0.05) is 25.1 Å². The van der Waals surface area contributed by atoms with Crippen molar-refractivity contribution in [1.29, 1.82) is 0 Å². The van der Waals surface area contributed by atoms with Crippen LogP contribution in [0.1, 0.15) is 19.4 Å². The number of nitrogens with one attached hydrogen (secondary N) is 2. The van der Waals surface area contributed by atoms with Crippen molar-refractivity contribution in [1.82, 2.24) is 15.5 Å². The van der Waals surface area contributed by atoms with Gasteiger partial charge in [0.2, 0.25) is 11.8 Å². The van der Waals surface area contributed by atoms with Crippen molar-refractivity contribution in [2.75, 3.05) is 44.2 Å². The van der Waals surface area contributed by atoms with Crippen molar-refractivity contribution in [2.45, 2.75) is 20.4 Å². The summed E-state index contributed by atoms with van der Waals surface area (Å²) in [5, 5.41) is 6.32. The van der Waals surface area contributed by atoms with E-state index in [1.54, 1.807) is 6.92 Å². The van der Waals surface area contributed by atoms with Crippen LogP contribution in [0.2, 0.25) is 0 Å². The molecule has 0 saturated carbocycles. The zero-order chi connectivity index (χ0) is 17.8. The Labute approximate surface area is 173 Å². The Hall–Kier alpha value is -1.50. The Morgan fingerprint density at radius 3 is 2.33 bits per heavy atom. The number of carbonyl (C=O) groups is 2. The topological polar surface area (TPSA) is 64.7 Å². The summed E-state index contributed by atoms with van der Waals surface area (Å²) in [6.07, 6.45) is 0. The second kappa shape index (κ2) is 10.7. The van der Waals surface area contributed by atoms with Gasteiger partial charge in [0.15, 0.2) is 0 Å². The van der Waals surface area contributed by atoms with Gasteiger partial charge in [-0.15, -0.1) is 24.8 Å². The summed E-state index contributed by atoms with van der Waals surface area (Å²) in [7, 11) is 0. The maximum atomic E-state index is 12.4. The third-order valence-corrected chi connectivity index (χ3v) is 5.44. The van der Waals surface area contributed by atoms with Crippen LogP contribution in [0.15, 0.2) is 24.3 Å². The number of anilines is 1. The van der Waals surface area contributed by atoms with Crippen LogP contribution in [-0.4, -0.2) is 56.0 Å². The van der Waals surface area contributed by atoms with Crippen LogP contribution in [0.3, 0.4) is 0 Å². The predicted octanol–water partition coefficient (Wildman–Crippen LogP) is 1.67. The molecule has 2 amide bonds. The molecule has 0 bridgehead atoms. The Kier molecular flexibility index (Phi) is 9.36. The SMILES string of the molecule is CC(=O)N1CCN(c2ccccc2CNC(=O)C(C)C2CNC2)CC1.Cl.Cl. The molecule has 0 aromatic heterocycles. The predicted molar refractivity (Wildman–Crippen MR) is 113 cm³/mol. The lowest BCUT2D eigenvalue weighted by Crippen LogP contribution is -2.49. The maximum Gasteiger partial charge on any atom is 0.223 e. The standard InChI is InChI=1S/C19H28N4O2.2ClH/c1-14(17-11-20-12-17)19(25)21-13-16-5-3-4-6-18(16)23-9-7-22(8-10-23)15(2)24;;/h3-6,14,17,20H,7-13H2,1-2H3,(H,21,25);2*1H. The van der Waals surface area contributed by atoms with E-state index >= 15 is 0 Å². The molecule has 1 aromatic carbocycles. The number of halogens is 2. The van der Waals surface area contributed by atoms with Gasteiger partial charge in [-0.25, -0.2) is 0 Å². The molecule has 0 aliphatic carbocycles. The van der Waals surface area contributed by atoms with E-state index in [9.17, 15) is 9.59 Å². The van der Waals surface area contributed by atoms with Gasteiger partial charge in [0.1, 0.15) is 0 Å². The average molecular weight is 417 g/mol. The number of amides is 2. The van der Waals surface area contributed by atoms with E-state index in [0.717, 1.165) is 50.5 Å². The van der Waals surface area contributed by atoms with E-state index in [2.05, 4.69) is 27.7 Å². The second-order valence-corrected chi connectivity index (χ2v) is 7.05. The van der Waals surface area contributed by atoms with Gasteiger partial charge < -0.3 is 20.4 Å². The summed E-state index contributed by atoms with van der Waals surface area (Å²) >= 11 is 0. The van der Waals surface area contributed by atoms with Crippen LogP contribution >= 0.6 is 24.8 Å². The second-order valence-electron chi connectivity index (χ2n) is 7.05. The lowest BCUT2D eigenvalue weighted by atomic mass is 9.88. The summed E-state index contributed by atoms with van der Waals surface area (Å²) in [5.41, 5.74) is 2.29. The zero-order valence-electron chi connectivity index (χ0n) is 15.9. The number of piperazine rings is 1. The van der Waals surface area contributed by atoms with E-state index in [0.29, 0.717) is 12.5 Å². The summed E-state index contributed by atoms with van der Waals surface area (Å²) in [6.45, 7) is 9.21. The summed E-state index contributed by atoms with van der Waals surface area (Å²) < 4.78 is 0. The molecule has 1 atom stereocenters. The lowest BCUT2D eigenvalue weighted by Gasteiger charge is -2.36. The molecule has 27 heavy (non-hydrogen) atoms. The van der Waals surface area contributed by atoms with Crippen molar-refractivity contribution in [3.8, 4) is 0 Å². The third kappa shape index (κ3) is 5.74. The van der Waals surface area contributed by atoms with Crippen molar-refractivity contribution >= 4 is 42.3 Å². The molecular formula is C19H30Cl2N4O2. The molecule has 2 aliphatic rings. The van der Waals surface area contributed by atoms with Gasteiger partial charge in [-0.3, -0.25) is 9.59 Å². The molecule has 6 nitrogen and oxygen atoms in total. The number of rotatable bonds is 5. The first kappa shape index (κ1) is 23.5. The molecule has 2 heterocycles. The highest BCUT2D eigenvalue weighted by Gasteiger charge is 2.28. The average Bonchev–Trinajstić information content (AvgIpc) is 2.58. The molecule has 1 unspecified atom stereocenters. The quantitative estimate of drug-likeness (QED) is 0.765. The fraction of sp³-hybridized carbons (Fsp3) is 0.579. The smallest absolute Gasteiger partial charge is 0.223 e. The number of para-hydroxylation sites is 1. The molecule has 3 rings (SSSR count). The van der Waals surface area contributed by atoms with Gasteiger partial charge in [-0.05, 0) is 30.6 Å². The van der Waals surface area contributed by atoms with Crippen LogP contribution in [0.4, 0.5) is 5.69 Å². The highest BCUT2D eigenvalue weighted by atomic mass is 35.5. The van der Waals surface area contributed by atoms with Gasteiger partial charge in [0.05, 0.1) is 0 Å². The first-order chi connectivity index (χ1) is 12.1. The molecule has 2 aliphatic heterocycles. The first-order valence-electron chi connectivity index (χ1n) is 9.13. The van der Waals surface area contributed by atoms with E-state index in [1.807, 2.05) is 24.0 Å². The van der Waals surface area contributed by atoms with Crippen LogP contribution in [0.25, 0.3) is 0 Å². The maximum absolute atomic E-state index is 12.4. The first-order valence-corrected chi connectivity index (χ1v) is 9.13. The molecule has 2 fully saturated rings. The normalized spacial score (nSPS) is 17.9. The van der Waals surface area contributed by atoms with Crippen molar-refractivity contribution in [3.05, 3.63) is 29.8 Å². The molecular weight excluding hydrogens is 387 g/mol. The van der Waals surface area contributed by atoms with Crippen LogP contribution in [0.5, 0.6) is 0 Å². The van der Waals surface area contributed by atoms with Gasteiger partial charge in [0.25, 0.3) is 0 Å². The van der Waals surface area contributed by atoms with Crippen molar-refractivity contribution in [3.63, 3.8) is 0 Å². The van der Waals surface area contributed by atoms with Gasteiger partial charge >= 0.3 is 0 Å². The Bertz CT molecular complexity index is 632. The number of benzene rings is 1. The number of carbonyl (C=O) groups excluding carboxylic acids is 2. The van der Waals surface area contributed by atoms with Crippen molar-refractivity contribution < 1.29 is 9.59 Å². The monoisotopic (exact) mass is 416 g/mol. The van der Waals surface area contributed by atoms with Crippen LogP contribution in [-0.2, 0) is 16.1 Å². The molecule has 8 heteroatoms. The molecule has 1 aromatic rings. The van der Waals surface area contributed by atoms with Crippen LogP contribution < -0.4 is 15.5 Å². The van der Waals surface area contributed by atoms with E-state index in [-0.39, 0.29) is 42.5 Å². The van der Waals surface area contributed by atoms with Gasteiger partial charge in [0, 0.05) is 51.3 Å². The molecule has 152 valence electrons. The highest BCUT2D eigenvalue weighted by Crippen LogP contribution is 2.22. The molecule has 0 spiro atoms. The Balaban J connectivity index is 0.00000182. The Morgan fingerprint density at radius 2 is 1.78 bits per heavy atom. The third-order valence-electron chi connectivity index (χ3n) is 5.44. The zero-order valence-corrected chi connectivity index (χ0v) is 17.6. The summed E-state index contributed by atoms with van der Waals surface area (Å²) in [6, 6.07) is 8.21. The number of hydrogen-bond acceptors (Lipinski definition) is 4. The largest absolute Gasteiger partial charge is 0.368 e. The van der Waals surface area contributed by atoms with Crippen molar-refractivity contribution in [2.24, 2.45) is 11.8 Å². The fourth-order valence-corrected chi connectivity index (χ4v) is 3.45. The highest BCUT2D eigenvalue weighted by molar-refractivity contribution is 5.85. The minimum atomic E-state index is 0. The number of hydrogen-bond donors (Lipinski definition) is 2. The molecule has 2 saturated heterocycles. The van der Waals surface area contributed by atoms with E-state index < -0.39 is 0 Å². The Morgan fingerprint density at radius 1 is 1.15 bits per heavy atom. The van der Waals surface area contributed by atoms with Gasteiger partial charge in [-0.2, -0.15) is 0 Å². The summed E-state index contributed by atoms with van der Waals surface area (Å²) in [4.78, 5) is 28.0. The van der Waals surface area contributed by atoms with E-state index in [1.165, 1.54) is 0 Å². The molecule has 2 N–H and O–H groups in total.